The number of aryl methyl sites for hydroxylation is 14. The van der Waals surface area contributed by atoms with Crippen molar-refractivity contribution >= 4 is 164 Å². The Balaban J connectivity index is 0.000000102. The number of nitrogens with one attached hydrogen (secondary N) is 5. The van der Waals surface area contributed by atoms with Gasteiger partial charge in [-0.05, 0) is 274 Å². The van der Waals surface area contributed by atoms with Gasteiger partial charge < -0.3 is 33.8 Å². The molecule has 26 rings (SSSR count). The van der Waals surface area contributed by atoms with Crippen LogP contribution in [0.25, 0.3) is 208 Å². The standard InChI is InChI=1S/C20H16N6.2C20H14N4S2.C19H15N7.C9H10N2.2C9H9NO/c1-11-3-5-14(21-9-11)15-6-4-13(10-22-15)20-25-18-7-16-17(8-19(18)26-20)24-12(2)23-16;1-11-3-5-14(21-9-11)15-6-4-13(10-22-15)20-24-17-8-18-16(7-19(17)26-20)23-12(2)25-18;1-11-3-5-14(21-9-11)15-6-4-13(10-22-15)20-24-17-7-16-18(8-19(17)26-20)25-12(2)23-16;1-10-3-5-13(20-8-10)14-6-4-12(9-21-14)17-24-16-7-15-18(23-11(2)22-15)26-19(16)25-17;1-6-3-4-8-9(5-6)11-7(2)10-8;1-6-3-4-9-8(5-6)10-7(2)11-9;1-6-3-4-8-9(5-6)11-7(2)10-8/h3-10H,1-2H3,(H,23,24)(H,25,26);2*3-10H,1-2H3;3-9H,1-2H3,(H2,22,23,24,25,26);3-5H,1-2H3,(H,10,11);2*3-5H,1-2H3. The lowest BCUT2D eigenvalue weighted by Crippen LogP contribution is -1.89. The molecule has 0 amide bonds. The van der Waals surface area contributed by atoms with Crippen LogP contribution in [0.15, 0.2) is 253 Å². The Kier molecular flexibility index (Phi) is 24.5. The number of hydrogen-bond acceptors (Lipinski definition) is 26. The molecule has 0 radical (unpaired) electrons. The molecule has 137 heavy (non-hydrogen) atoms. The molecule has 20 heterocycles. The van der Waals surface area contributed by atoms with Gasteiger partial charge in [0.05, 0.1) is 141 Å². The van der Waals surface area contributed by atoms with Gasteiger partial charge in [-0.25, -0.2) is 59.8 Å². The first-order valence-corrected chi connectivity index (χ1v) is 47.3. The van der Waals surface area contributed by atoms with Gasteiger partial charge >= 0.3 is 0 Å². The van der Waals surface area contributed by atoms with E-state index >= 15 is 0 Å². The lowest BCUT2D eigenvalue weighted by Gasteiger charge is -2.01. The van der Waals surface area contributed by atoms with E-state index in [1.807, 2.05) is 279 Å². The number of benzene rings is 6. The second-order valence-electron chi connectivity index (χ2n) is 33.4. The molecule has 0 aliphatic carbocycles. The minimum absolute atomic E-state index is 0.642. The number of hydrogen-bond donors (Lipinski definition) is 5. The van der Waals surface area contributed by atoms with Gasteiger partial charge in [0.25, 0.3) is 0 Å². The minimum atomic E-state index is 0.642. The Morgan fingerprint density at radius 2 is 0.569 bits per heavy atom. The van der Waals surface area contributed by atoms with Crippen molar-refractivity contribution in [3.8, 4) is 89.5 Å². The molecule has 672 valence electrons. The summed E-state index contributed by atoms with van der Waals surface area (Å²) < 4.78 is 15.4. The Morgan fingerprint density at radius 3 is 1.10 bits per heavy atom. The third-order valence-electron chi connectivity index (χ3n) is 22.1. The SMILES string of the molecule is Cc1ccc(-c2ccc(-c3nc4cc5nc(C)[nH]c5cc4[nH]3)cn2)nc1.Cc1ccc(-c2ccc(-c3nc4cc5nc(C)sc5cc4s3)cn2)nc1.Cc1ccc(-c2ccc(-c3nc4cc5sc(C)nc5cc4s3)cn2)nc1.Cc1ccc(-c2ccc(-c3nc4nc5nc(C)[nH]c5cc4[nH]3)cn2)nc1.Cc1ccc2nc(C)[nH]c2c1.Cc1ccc2nc(C)oc2c1.Cc1ccc2oc(C)nc2c1. The van der Waals surface area contributed by atoms with E-state index in [0.29, 0.717) is 11.3 Å². The third-order valence-corrected chi connectivity index (χ3v) is 26.1. The molecule has 6 aromatic carbocycles. The summed E-state index contributed by atoms with van der Waals surface area (Å²) in [5, 5.41) is 4.13. The summed E-state index contributed by atoms with van der Waals surface area (Å²) in [6.45, 7) is 27.9. The van der Waals surface area contributed by atoms with Crippen molar-refractivity contribution in [2.75, 3.05) is 0 Å². The van der Waals surface area contributed by atoms with Gasteiger partial charge in [-0.15, -0.1) is 45.3 Å². The molecular formula is C106H87N25O2S4. The number of pyridine rings is 9. The van der Waals surface area contributed by atoms with E-state index in [4.69, 9.17) is 23.8 Å². The molecule has 0 atom stereocenters. The van der Waals surface area contributed by atoms with Crippen LogP contribution in [-0.4, -0.2) is 125 Å². The Labute approximate surface area is 799 Å². The number of imidazole rings is 5. The lowest BCUT2D eigenvalue weighted by atomic mass is 10.2. The van der Waals surface area contributed by atoms with Crippen LogP contribution in [0.4, 0.5) is 0 Å². The third kappa shape index (κ3) is 20.1. The van der Waals surface area contributed by atoms with Crippen LogP contribution in [0, 0.1) is 96.9 Å². The second-order valence-corrected chi connectivity index (χ2v) is 37.9. The molecule has 0 spiro atoms. The van der Waals surface area contributed by atoms with Crippen molar-refractivity contribution in [2.24, 2.45) is 0 Å². The zero-order chi connectivity index (χ0) is 94.2. The quantitative estimate of drug-likeness (QED) is 0.0943. The summed E-state index contributed by atoms with van der Waals surface area (Å²) in [6.07, 6.45) is 14.8. The number of H-pyrrole nitrogens is 5. The summed E-state index contributed by atoms with van der Waals surface area (Å²) in [4.78, 5) is 106. The average Bonchev–Trinajstić information content (AvgIpc) is 1.64. The van der Waals surface area contributed by atoms with Gasteiger partial charge in [0.2, 0.25) is 0 Å². The number of fused-ring (bicyclic) bond motifs is 11. The van der Waals surface area contributed by atoms with Crippen LogP contribution in [-0.2, 0) is 0 Å². The van der Waals surface area contributed by atoms with E-state index in [-0.39, 0.29) is 0 Å². The lowest BCUT2D eigenvalue weighted by molar-refractivity contribution is 0.560. The smallest absolute Gasteiger partial charge is 0.192 e. The number of aromatic amines is 5. The van der Waals surface area contributed by atoms with Gasteiger partial charge in [-0.3, -0.25) is 39.9 Å². The Hall–Kier alpha value is -16.5. The van der Waals surface area contributed by atoms with Crippen molar-refractivity contribution in [3.63, 3.8) is 0 Å². The van der Waals surface area contributed by atoms with Gasteiger partial charge in [-0.2, -0.15) is 0 Å². The molecule has 0 fully saturated rings. The van der Waals surface area contributed by atoms with Crippen molar-refractivity contribution in [2.45, 2.75) is 96.9 Å². The van der Waals surface area contributed by atoms with Crippen LogP contribution in [0.5, 0.6) is 0 Å². The number of aromatic nitrogens is 25. The fourth-order valence-electron chi connectivity index (χ4n) is 15.3. The molecule has 0 aliphatic rings. The molecule has 31 heteroatoms. The van der Waals surface area contributed by atoms with Crippen molar-refractivity contribution in [1.29, 1.82) is 0 Å². The summed E-state index contributed by atoms with van der Waals surface area (Å²) in [6, 6.07) is 64.9. The van der Waals surface area contributed by atoms with Gasteiger partial charge in [-0.1, -0.05) is 42.5 Å². The fourth-order valence-corrected chi connectivity index (χ4v) is 19.0. The highest BCUT2D eigenvalue weighted by molar-refractivity contribution is 7.23. The highest BCUT2D eigenvalue weighted by Crippen LogP contribution is 2.38. The largest absolute Gasteiger partial charge is 0.441 e. The van der Waals surface area contributed by atoms with E-state index in [1.165, 1.54) is 30.8 Å². The van der Waals surface area contributed by atoms with E-state index in [0.717, 1.165) is 244 Å². The van der Waals surface area contributed by atoms with E-state index in [9.17, 15) is 0 Å². The maximum Gasteiger partial charge on any atom is 0.192 e. The molecule has 0 bridgehead atoms. The van der Waals surface area contributed by atoms with Gasteiger partial charge in [0, 0.05) is 85.7 Å². The van der Waals surface area contributed by atoms with Crippen LogP contribution in [0.1, 0.15) is 78.2 Å². The number of rotatable bonds is 8. The zero-order valence-corrected chi connectivity index (χ0v) is 80.3. The average molecular weight is 1870 g/mol. The van der Waals surface area contributed by atoms with Crippen molar-refractivity contribution < 1.29 is 8.83 Å². The number of oxazole rings is 2. The first-order valence-electron chi connectivity index (χ1n) is 44.0. The van der Waals surface area contributed by atoms with E-state index < -0.39 is 0 Å². The number of thiazole rings is 4. The minimum Gasteiger partial charge on any atom is -0.441 e. The van der Waals surface area contributed by atoms with E-state index in [2.05, 4.69) is 165 Å². The number of nitrogens with zero attached hydrogens (tertiary/aromatic N) is 20. The van der Waals surface area contributed by atoms with Crippen molar-refractivity contribution in [3.05, 3.63) is 322 Å². The molecule has 0 saturated heterocycles. The van der Waals surface area contributed by atoms with Gasteiger partial charge in [0.1, 0.15) is 50.2 Å². The predicted molar refractivity (Wildman–Crippen MR) is 551 cm³/mol. The maximum absolute atomic E-state index is 5.34. The van der Waals surface area contributed by atoms with Crippen molar-refractivity contribution in [1.82, 2.24) is 125 Å². The van der Waals surface area contributed by atoms with E-state index in [1.54, 1.807) is 51.5 Å². The monoisotopic (exact) mass is 1870 g/mol. The van der Waals surface area contributed by atoms with Crippen LogP contribution in [0.2, 0.25) is 0 Å². The highest BCUT2D eigenvalue weighted by atomic mass is 32.1. The molecule has 27 nitrogen and oxygen atoms in total. The van der Waals surface area contributed by atoms with Crippen LogP contribution in [0.3, 0.4) is 0 Å². The maximum atomic E-state index is 5.34. The summed E-state index contributed by atoms with van der Waals surface area (Å²) in [5.41, 5.74) is 35.8. The summed E-state index contributed by atoms with van der Waals surface area (Å²) in [5.74, 6) is 5.69. The first kappa shape index (κ1) is 88.4. The molecule has 0 aliphatic heterocycles. The molecule has 0 saturated carbocycles. The Morgan fingerprint density at radius 1 is 0.212 bits per heavy atom. The molecular weight excluding hydrogens is 1780 g/mol. The molecule has 0 unspecified atom stereocenters. The first-order chi connectivity index (χ1) is 66.4. The zero-order valence-electron chi connectivity index (χ0n) is 77.0. The highest BCUT2D eigenvalue weighted by Gasteiger charge is 2.18. The normalized spacial score (nSPS) is 11.3. The predicted octanol–water partition coefficient (Wildman–Crippen LogP) is 26.1. The molecule has 5 N–H and O–H groups in total. The summed E-state index contributed by atoms with van der Waals surface area (Å²) in [7, 11) is 0. The van der Waals surface area contributed by atoms with Crippen LogP contribution >= 0.6 is 45.3 Å². The molecule has 26 aromatic rings. The molecule has 20 aromatic heterocycles. The second kappa shape index (κ2) is 37.9. The summed E-state index contributed by atoms with van der Waals surface area (Å²) >= 11 is 6.79. The topological polar surface area (TPSA) is 363 Å². The van der Waals surface area contributed by atoms with Crippen LogP contribution < -0.4 is 0 Å². The Bertz CT molecular complexity index is 7690. The van der Waals surface area contributed by atoms with Gasteiger partial charge in [0.15, 0.2) is 34.2 Å². The fraction of sp³-hybridized carbons (Fsp3) is 0.132.